The second-order valence-corrected chi connectivity index (χ2v) is 14.7. The highest BCUT2D eigenvalue weighted by atomic mass is 32.1. The Morgan fingerprint density at radius 1 is 0.273 bits per heavy atom. The third-order valence-corrected chi connectivity index (χ3v) is 11.4. The van der Waals surface area contributed by atoms with Crippen molar-refractivity contribution in [2.24, 2.45) is 0 Å². The predicted molar refractivity (Wildman–Crippen MR) is 231 cm³/mol. The minimum atomic E-state index is 0.642. The maximum Gasteiger partial charge on any atom is 0.165 e. The number of thiophene rings is 1. The van der Waals surface area contributed by atoms with Gasteiger partial charge in [-0.3, -0.25) is 0 Å². The van der Waals surface area contributed by atoms with Crippen LogP contribution in [0.2, 0.25) is 0 Å². The van der Waals surface area contributed by atoms with Gasteiger partial charge in [0.2, 0.25) is 0 Å². The van der Waals surface area contributed by atoms with Gasteiger partial charge in [-0.25, -0.2) is 15.0 Å². The van der Waals surface area contributed by atoms with Gasteiger partial charge in [-0.05, 0) is 62.7 Å². The summed E-state index contributed by atoms with van der Waals surface area (Å²) in [6.07, 6.45) is 0. The van der Waals surface area contributed by atoms with Crippen LogP contribution in [0, 0.1) is 0 Å². The van der Waals surface area contributed by atoms with Gasteiger partial charge in [0.15, 0.2) is 17.5 Å². The zero-order chi connectivity index (χ0) is 36.6. The Morgan fingerprint density at radius 2 is 0.655 bits per heavy atom. The number of nitrogens with zero attached hydrogens (tertiary/aromatic N) is 3. The zero-order valence-electron chi connectivity index (χ0n) is 29.8. The van der Waals surface area contributed by atoms with E-state index in [2.05, 4.69) is 188 Å². The first-order chi connectivity index (χ1) is 27.2. The first-order valence-corrected chi connectivity index (χ1v) is 19.2. The number of hydrogen-bond acceptors (Lipinski definition) is 4. The number of aromatic nitrogens is 3. The molecule has 0 amide bonds. The highest BCUT2D eigenvalue weighted by molar-refractivity contribution is 7.26. The molecule has 0 aliphatic heterocycles. The maximum atomic E-state index is 5.16. The van der Waals surface area contributed by atoms with Crippen LogP contribution in [0.5, 0.6) is 0 Å². The lowest BCUT2D eigenvalue weighted by atomic mass is 9.98. The molecule has 8 aromatic carbocycles. The van der Waals surface area contributed by atoms with E-state index in [1.54, 1.807) is 11.3 Å². The number of benzene rings is 8. The van der Waals surface area contributed by atoms with Crippen molar-refractivity contribution in [1.82, 2.24) is 15.0 Å². The Kier molecular flexibility index (Phi) is 8.36. The highest BCUT2D eigenvalue weighted by Gasteiger charge is 2.17. The van der Waals surface area contributed by atoms with Gasteiger partial charge in [-0.1, -0.05) is 182 Å². The maximum absolute atomic E-state index is 5.16. The van der Waals surface area contributed by atoms with Crippen LogP contribution < -0.4 is 0 Å². The fraction of sp³-hybridized carbons (Fsp3) is 0. The first kappa shape index (κ1) is 32.6. The van der Waals surface area contributed by atoms with Crippen LogP contribution in [-0.2, 0) is 0 Å². The lowest BCUT2D eigenvalue weighted by Crippen LogP contribution is -2.00. The van der Waals surface area contributed by atoms with E-state index in [1.807, 2.05) is 12.1 Å². The Labute approximate surface area is 323 Å². The van der Waals surface area contributed by atoms with Crippen LogP contribution in [0.25, 0.3) is 98.8 Å². The fourth-order valence-corrected chi connectivity index (χ4v) is 8.51. The second-order valence-electron chi connectivity index (χ2n) is 13.6. The highest BCUT2D eigenvalue weighted by Crippen LogP contribution is 2.40. The SMILES string of the molecule is c1ccc(-c2ccc(-c3ccc(-c4nc(-c5ccc(-c6cccc(-c7ccccc7)c6)cc5)nc(-c5cccc6c5sc5ccccc56)n4)cc3)cc2)cc1. The summed E-state index contributed by atoms with van der Waals surface area (Å²) in [5, 5.41) is 2.46. The summed E-state index contributed by atoms with van der Waals surface area (Å²) in [4.78, 5) is 15.4. The average Bonchev–Trinajstić information content (AvgIpc) is 3.66. The van der Waals surface area contributed by atoms with E-state index in [1.165, 1.54) is 42.4 Å². The summed E-state index contributed by atoms with van der Waals surface area (Å²) >= 11 is 1.78. The van der Waals surface area contributed by atoms with Gasteiger partial charge in [-0.15, -0.1) is 11.3 Å². The molecule has 0 unspecified atom stereocenters. The first-order valence-electron chi connectivity index (χ1n) is 18.4. The van der Waals surface area contributed by atoms with Crippen LogP contribution in [0.1, 0.15) is 0 Å². The van der Waals surface area contributed by atoms with E-state index in [4.69, 9.17) is 15.0 Å². The Balaban J connectivity index is 1.04. The third kappa shape index (κ3) is 6.39. The van der Waals surface area contributed by atoms with Crippen LogP contribution in [0.15, 0.2) is 200 Å². The van der Waals surface area contributed by atoms with Gasteiger partial charge in [-0.2, -0.15) is 0 Å². The van der Waals surface area contributed by atoms with Gasteiger partial charge in [0.25, 0.3) is 0 Å². The number of rotatable bonds is 7. The van der Waals surface area contributed by atoms with E-state index in [9.17, 15) is 0 Å². The Morgan fingerprint density at radius 3 is 1.22 bits per heavy atom. The Hall–Kier alpha value is -7.01. The molecular formula is C51H33N3S. The van der Waals surface area contributed by atoms with E-state index >= 15 is 0 Å². The van der Waals surface area contributed by atoms with E-state index < -0.39 is 0 Å². The van der Waals surface area contributed by atoms with Crippen molar-refractivity contribution in [1.29, 1.82) is 0 Å². The summed E-state index contributed by atoms with van der Waals surface area (Å²) in [6, 6.07) is 70.5. The molecule has 0 aliphatic carbocycles. The molecular weight excluding hydrogens is 687 g/mol. The lowest BCUT2D eigenvalue weighted by molar-refractivity contribution is 1.08. The lowest BCUT2D eigenvalue weighted by Gasteiger charge is -2.11. The zero-order valence-corrected chi connectivity index (χ0v) is 30.6. The Bertz CT molecular complexity index is 2930. The molecule has 0 atom stereocenters. The number of hydrogen-bond donors (Lipinski definition) is 0. The molecule has 0 spiro atoms. The molecule has 2 aromatic heterocycles. The molecule has 3 nitrogen and oxygen atoms in total. The topological polar surface area (TPSA) is 38.7 Å². The number of fused-ring (bicyclic) bond motifs is 3. The van der Waals surface area contributed by atoms with Crippen LogP contribution >= 0.6 is 11.3 Å². The molecule has 55 heavy (non-hydrogen) atoms. The van der Waals surface area contributed by atoms with Crippen LogP contribution in [-0.4, -0.2) is 15.0 Å². The van der Waals surface area contributed by atoms with Crippen molar-refractivity contribution in [2.45, 2.75) is 0 Å². The molecule has 10 aromatic rings. The van der Waals surface area contributed by atoms with Crippen molar-refractivity contribution < 1.29 is 0 Å². The molecule has 4 heteroatoms. The van der Waals surface area contributed by atoms with Gasteiger partial charge in [0, 0.05) is 36.9 Å². The quantitative estimate of drug-likeness (QED) is 0.165. The van der Waals surface area contributed by atoms with Crippen LogP contribution in [0.3, 0.4) is 0 Å². The molecule has 258 valence electrons. The van der Waals surface area contributed by atoms with Crippen molar-refractivity contribution in [2.75, 3.05) is 0 Å². The van der Waals surface area contributed by atoms with Crippen molar-refractivity contribution in [3.05, 3.63) is 200 Å². The molecule has 2 heterocycles. The average molecular weight is 720 g/mol. The largest absolute Gasteiger partial charge is 0.208 e. The van der Waals surface area contributed by atoms with Gasteiger partial charge in [0.05, 0.1) is 0 Å². The molecule has 0 bridgehead atoms. The summed E-state index contributed by atoms with van der Waals surface area (Å²) in [5.41, 5.74) is 12.3. The minimum Gasteiger partial charge on any atom is -0.208 e. The summed E-state index contributed by atoms with van der Waals surface area (Å²) in [7, 11) is 0. The molecule has 0 aliphatic rings. The van der Waals surface area contributed by atoms with Crippen molar-refractivity contribution in [3.8, 4) is 78.7 Å². The van der Waals surface area contributed by atoms with E-state index in [0.717, 1.165) is 38.9 Å². The molecule has 0 radical (unpaired) electrons. The van der Waals surface area contributed by atoms with Crippen molar-refractivity contribution in [3.63, 3.8) is 0 Å². The molecule has 0 saturated heterocycles. The molecule has 0 N–H and O–H groups in total. The summed E-state index contributed by atoms with van der Waals surface area (Å²) < 4.78 is 2.42. The monoisotopic (exact) mass is 719 g/mol. The van der Waals surface area contributed by atoms with Gasteiger partial charge >= 0.3 is 0 Å². The minimum absolute atomic E-state index is 0.642. The second kappa shape index (κ2) is 14.1. The normalized spacial score (nSPS) is 11.3. The molecule has 10 rings (SSSR count). The van der Waals surface area contributed by atoms with Crippen molar-refractivity contribution >= 4 is 31.5 Å². The standard InChI is InChI=1S/C51H33N3S/c1-3-11-34(12-4-1)36-21-23-37(24-22-36)38-25-29-40(30-26-38)49-52-50(54-51(53-49)46-19-10-18-45-44-17-7-8-20-47(44)55-48(45)46)41-31-27-39(28-32-41)43-16-9-15-42(33-43)35-13-5-2-6-14-35/h1-33H. The predicted octanol–water partition coefficient (Wildman–Crippen LogP) is 13.9. The van der Waals surface area contributed by atoms with Gasteiger partial charge in [0.1, 0.15) is 0 Å². The van der Waals surface area contributed by atoms with Gasteiger partial charge < -0.3 is 0 Å². The van der Waals surface area contributed by atoms with E-state index in [0.29, 0.717) is 17.5 Å². The summed E-state index contributed by atoms with van der Waals surface area (Å²) in [5.74, 6) is 1.95. The molecule has 0 fully saturated rings. The third-order valence-electron chi connectivity index (χ3n) is 10.2. The summed E-state index contributed by atoms with van der Waals surface area (Å²) in [6.45, 7) is 0. The van der Waals surface area contributed by atoms with Crippen LogP contribution in [0.4, 0.5) is 0 Å². The molecule has 0 saturated carbocycles. The smallest absolute Gasteiger partial charge is 0.165 e. The van der Waals surface area contributed by atoms with E-state index in [-0.39, 0.29) is 0 Å². The fourth-order valence-electron chi connectivity index (χ4n) is 7.30.